The molecule has 0 atom stereocenters. The quantitative estimate of drug-likeness (QED) is 0.374. The summed E-state index contributed by atoms with van der Waals surface area (Å²) in [6.07, 6.45) is 0. The molecule has 0 N–H and O–H groups in total. The van der Waals surface area contributed by atoms with E-state index in [1.807, 2.05) is 0 Å². The second-order valence-corrected chi connectivity index (χ2v) is 0. The molecule has 0 saturated carbocycles. The van der Waals surface area contributed by atoms with Crippen molar-refractivity contribution in [3.63, 3.8) is 0 Å². The molecule has 0 aromatic heterocycles. The maximum atomic E-state index is 0. The molecule has 0 bridgehead atoms. The Morgan fingerprint density at radius 1 is 1.00 bits per heavy atom. The van der Waals surface area contributed by atoms with Crippen molar-refractivity contribution in [1.82, 2.24) is 0 Å². The largest absolute Gasteiger partial charge is 0.316 e. The molecule has 1 radical (unpaired) electrons. The van der Waals surface area contributed by atoms with Gasteiger partial charge in [-0.05, 0) is 11.0 Å². The molecule has 0 saturated heterocycles. The maximum absolute atomic E-state index is 0. The molecule has 0 amide bonds. The van der Waals surface area contributed by atoms with Crippen molar-refractivity contribution in [1.29, 1.82) is 0 Å². The van der Waals surface area contributed by atoms with Crippen molar-refractivity contribution < 1.29 is 52.0 Å². The van der Waals surface area contributed by atoms with Gasteiger partial charge in [0.15, 0.2) is 17.4 Å². The second-order valence-electron chi connectivity index (χ2n) is 0. The van der Waals surface area contributed by atoms with E-state index in [4.69, 9.17) is 0 Å². The third kappa shape index (κ3) is 18.9. The predicted octanol–water partition coefficient (Wildman–Crippen LogP) is -3.56. The zero-order valence-electron chi connectivity index (χ0n) is 1.08. The minimum atomic E-state index is 0. The van der Waals surface area contributed by atoms with E-state index in [9.17, 15) is 0 Å². The molecule has 0 heterocycles. The van der Waals surface area contributed by atoms with Crippen LogP contribution in [0.3, 0.4) is 0 Å². The summed E-state index contributed by atoms with van der Waals surface area (Å²) in [6, 6.07) is 0. The first-order valence-electron chi connectivity index (χ1n) is 0. The Kier molecular flexibility index (Phi) is 219. The van der Waals surface area contributed by atoms with Crippen LogP contribution < -0.4 is 0 Å². The minimum Gasteiger partial charge on any atom is -0.0149 e. The monoisotopic (exact) mass is 223 g/mol. The van der Waals surface area contributed by atoms with Crippen molar-refractivity contribution >= 4 is 51.4 Å². The summed E-state index contributed by atoms with van der Waals surface area (Å²) in [7, 11) is 0. The molecular weight excluding hydrogens is 216 g/mol. The summed E-state index contributed by atoms with van der Waals surface area (Å²) in [5.41, 5.74) is 0. The van der Waals surface area contributed by atoms with Gasteiger partial charge in [0.25, 0.3) is 0 Å². The predicted molar refractivity (Wildman–Crippen MR) is 29.8 cm³/mol. The van der Waals surface area contributed by atoms with Crippen molar-refractivity contribution in [2.75, 3.05) is 0 Å². The summed E-state index contributed by atoms with van der Waals surface area (Å²) in [5, 5.41) is 0. The molecule has 0 aromatic carbocycles. The minimum absolute atomic E-state index is 0. The van der Waals surface area contributed by atoms with Gasteiger partial charge in [0.1, 0.15) is 0 Å². The molecule has 5 heteroatoms. The summed E-state index contributed by atoms with van der Waals surface area (Å²) in [4.78, 5) is 0. The van der Waals surface area contributed by atoms with Crippen LogP contribution in [0.1, 0.15) is 0 Å². The Hall–Kier alpha value is 3.27. The molecule has 0 nitrogen and oxygen atoms in total. The van der Waals surface area contributed by atoms with Gasteiger partial charge in [-0.25, -0.2) is 0 Å². The summed E-state index contributed by atoms with van der Waals surface area (Å²) in [5.74, 6) is 0. The van der Waals surface area contributed by atoms with Crippen molar-refractivity contribution in [3.8, 4) is 0 Å². The molecule has 0 unspecified atom stereocenters. The molecule has 0 aliphatic carbocycles. The van der Waals surface area contributed by atoms with Gasteiger partial charge in [-0.15, -0.1) is 0 Å². The van der Waals surface area contributed by atoms with Crippen LogP contribution in [0.25, 0.3) is 0 Å². The van der Waals surface area contributed by atoms with Crippen molar-refractivity contribution in [2.24, 2.45) is 0 Å². The molecule has 5 heavy (non-hydrogen) atoms. The number of rotatable bonds is 0. The standard InChI is InChI=1S/Al.Mg.Sc.H4Si.Zr.5H/h;;;1H4;;;;;;. The Labute approximate surface area is 101 Å². The van der Waals surface area contributed by atoms with Crippen LogP contribution in [0, 0.1) is 0 Å². The van der Waals surface area contributed by atoms with E-state index in [1.54, 1.807) is 0 Å². The fraction of sp³-hybridized carbons (Fsp3) is 0. The first-order chi connectivity index (χ1) is 0. The zero-order valence-corrected chi connectivity index (χ0v) is 5.34. The molecule has 0 rings (SSSR count). The molecule has 0 fully saturated rings. The summed E-state index contributed by atoms with van der Waals surface area (Å²) >= 11 is 0. The summed E-state index contributed by atoms with van der Waals surface area (Å²) in [6.45, 7) is 0. The maximum Gasteiger partial charge on any atom is 0.316 e. The Morgan fingerprint density at radius 2 is 1.00 bits per heavy atom. The fourth-order valence-corrected chi connectivity index (χ4v) is 0. The van der Waals surface area contributed by atoms with E-state index in [1.165, 1.54) is 0 Å². The van der Waals surface area contributed by atoms with E-state index in [0.29, 0.717) is 0 Å². The van der Waals surface area contributed by atoms with Gasteiger partial charge >= 0.3 is 23.1 Å². The molecule has 0 aliphatic heterocycles. The average Bonchev–Trinajstić information content (AvgIpc) is 0. The van der Waals surface area contributed by atoms with Crippen molar-refractivity contribution in [2.45, 2.75) is 0 Å². The smallest absolute Gasteiger partial charge is 0.0149 e. The second kappa shape index (κ2) is 26.7. The first kappa shape index (κ1) is 40.9. The Morgan fingerprint density at radius 3 is 1.00 bits per heavy atom. The van der Waals surface area contributed by atoms with Gasteiger partial charge in [0.05, 0.1) is 0 Å². The van der Waals surface area contributed by atoms with Gasteiger partial charge in [-0.2, -0.15) is 0 Å². The fourth-order valence-electron chi connectivity index (χ4n) is 0. The van der Waals surface area contributed by atoms with E-state index in [-0.39, 0.29) is 103 Å². The topological polar surface area (TPSA) is 0 Å². The number of hydrogen-bond donors (Lipinski definition) is 0. The first-order valence-corrected chi connectivity index (χ1v) is 0. The molecule has 0 aliphatic rings. The molecular formula is H9AlMgScSiZr. The zero-order chi connectivity index (χ0) is 0. The van der Waals surface area contributed by atoms with Gasteiger partial charge < -0.3 is 0 Å². The molecule has 0 aromatic rings. The van der Waals surface area contributed by atoms with Gasteiger partial charge in [0, 0.05) is 52.0 Å². The van der Waals surface area contributed by atoms with Crippen LogP contribution in [-0.4, -0.2) is 51.4 Å². The third-order valence-electron chi connectivity index (χ3n) is 0. The van der Waals surface area contributed by atoms with Crippen LogP contribution in [0.5, 0.6) is 0 Å². The normalized spacial score (nSPS) is 0. The third-order valence-corrected chi connectivity index (χ3v) is 0. The summed E-state index contributed by atoms with van der Waals surface area (Å²) < 4.78 is 0. The van der Waals surface area contributed by atoms with Gasteiger partial charge in [-0.3, -0.25) is 0 Å². The number of hydrogen-bond acceptors (Lipinski definition) is 0. The van der Waals surface area contributed by atoms with Crippen LogP contribution in [0.15, 0.2) is 0 Å². The van der Waals surface area contributed by atoms with E-state index < -0.39 is 0 Å². The Bertz CT molecular complexity index is 11.6. The van der Waals surface area contributed by atoms with Gasteiger partial charge in [-0.1, -0.05) is 0 Å². The Balaban J connectivity index is 0. The molecule has 25 valence electrons. The van der Waals surface area contributed by atoms with Crippen LogP contribution in [0.4, 0.5) is 0 Å². The van der Waals surface area contributed by atoms with E-state index in [2.05, 4.69) is 0 Å². The van der Waals surface area contributed by atoms with Crippen LogP contribution >= 0.6 is 0 Å². The SMILES string of the molecule is [AlH3].[MgH2].[Sc].[SiH4].[Zr]. The van der Waals surface area contributed by atoms with E-state index in [0.717, 1.165) is 0 Å². The van der Waals surface area contributed by atoms with Crippen LogP contribution in [-0.2, 0) is 52.0 Å². The van der Waals surface area contributed by atoms with Gasteiger partial charge in [0.2, 0.25) is 0 Å². The van der Waals surface area contributed by atoms with E-state index >= 15 is 0 Å². The van der Waals surface area contributed by atoms with Crippen LogP contribution in [0.2, 0.25) is 0 Å². The van der Waals surface area contributed by atoms with Crippen molar-refractivity contribution in [3.05, 3.63) is 0 Å². The average molecular weight is 225 g/mol. The molecule has 0 spiro atoms.